The number of aryl methyl sites for hydroxylation is 1. The Balaban J connectivity index is 1.70. The summed E-state index contributed by atoms with van der Waals surface area (Å²) in [4.78, 5) is 11.8. The first-order valence-corrected chi connectivity index (χ1v) is 7.74. The molecule has 0 aromatic heterocycles. The summed E-state index contributed by atoms with van der Waals surface area (Å²) < 4.78 is 0.952. The van der Waals surface area contributed by atoms with Gasteiger partial charge in [-0.15, -0.1) is 0 Å². The highest BCUT2D eigenvalue weighted by atomic mass is 79.9. The molecular weight excluding hydrogens is 328 g/mol. The minimum atomic E-state index is -0.0302. The van der Waals surface area contributed by atoms with Crippen LogP contribution >= 0.6 is 15.9 Å². The van der Waals surface area contributed by atoms with Crippen molar-refractivity contribution < 1.29 is 4.79 Å². The maximum absolute atomic E-state index is 11.8. The second-order valence-corrected chi connectivity index (χ2v) is 5.89. The Morgan fingerprint density at radius 2 is 1.95 bits per heavy atom. The van der Waals surface area contributed by atoms with Crippen LogP contribution in [0.3, 0.4) is 0 Å². The standard InChI is InChI=1S/C17H19BrN2O/c1-13-4-2-5-14(10-13)8-9-19-12-17(21)20-16-7-3-6-15(18)11-16/h2-7,10-11,19H,8-9,12H2,1H3,(H,20,21). The third-order valence-electron chi connectivity index (χ3n) is 3.07. The monoisotopic (exact) mass is 346 g/mol. The number of anilines is 1. The molecular formula is C17H19BrN2O. The van der Waals surface area contributed by atoms with Gasteiger partial charge in [-0.2, -0.15) is 0 Å². The molecule has 0 saturated carbocycles. The Bertz CT molecular complexity index is 613. The second-order valence-electron chi connectivity index (χ2n) is 4.97. The summed E-state index contributed by atoms with van der Waals surface area (Å²) in [6, 6.07) is 16.0. The van der Waals surface area contributed by atoms with Crippen LogP contribution in [-0.2, 0) is 11.2 Å². The molecule has 4 heteroatoms. The van der Waals surface area contributed by atoms with Crippen molar-refractivity contribution in [3.63, 3.8) is 0 Å². The summed E-state index contributed by atoms with van der Waals surface area (Å²) in [6.07, 6.45) is 0.922. The number of rotatable bonds is 6. The van der Waals surface area contributed by atoms with Crippen molar-refractivity contribution in [3.8, 4) is 0 Å². The van der Waals surface area contributed by atoms with Crippen LogP contribution in [0.25, 0.3) is 0 Å². The minimum Gasteiger partial charge on any atom is -0.325 e. The molecule has 3 nitrogen and oxygen atoms in total. The molecule has 1 amide bonds. The molecule has 21 heavy (non-hydrogen) atoms. The first-order chi connectivity index (χ1) is 10.1. The maximum atomic E-state index is 11.8. The van der Waals surface area contributed by atoms with E-state index in [0.29, 0.717) is 6.54 Å². The Morgan fingerprint density at radius 1 is 1.14 bits per heavy atom. The third-order valence-corrected chi connectivity index (χ3v) is 3.56. The molecule has 2 aromatic rings. The van der Waals surface area contributed by atoms with Gasteiger partial charge in [-0.25, -0.2) is 0 Å². The molecule has 0 spiro atoms. The zero-order valence-corrected chi connectivity index (χ0v) is 13.6. The summed E-state index contributed by atoms with van der Waals surface area (Å²) in [5, 5.41) is 6.02. The Morgan fingerprint density at radius 3 is 2.71 bits per heavy atom. The largest absolute Gasteiger partial charge is 0.325 e. The van der Waals surface area contributed by atoms with Gasteiger partial charge < -0.3 is 10.6 Å². The normalized spacial score (nSPS) is 10.4. The van der Waals surface area contributed by atoms with Crippen molar-refractivity contribution in [3.05, 3.63) is 64.1 Å². The van der Waals surface area contributed by atoms with E-state index in [1.807, 2.05) is 24.3 Å². The highest BCUT2D eigenvalue weighted by molar-refractivity contribution is 9.10. The van der Waals surface area contributed by atoms with E-state index in [2.05, 4.69) is 57.8 Å². The lowest BCUT2D eigenvalue weighted by atomic mass is 10.1. The first kappa shape index (κ1) is 15.7. The van der Waals surface area contributed by atoms with Crippen molar-refractivity contribution >= 4 is 27.5 Å². The summed E-state index contributed by atoms with van der Waals surface area (Å²) >= 11 is 3.38. The second kappa shape index (κ2) is 7.96. The van der Waals surface area contributed by atoms with E-state index in [0.717, 1.165) is 23.1 Å². The van der Waals surface area contributed by atoms with Crippen LogP contribution < -0.4 is 10.6 Å². The highest BCUT2D eigenvalue weighted by Crippen LogP contribution is 2.15. The summed E-state index contributed by atoms with van der Waals surface area (Å²) in [5.41, 5.74) is 3.35. The van der Waals surface area contributed by atoms with Crippen molar-refractivity contribution in [1.82, 2.24) is 5.32 Å². The predicted molar refractivity (Wildman–Crippen MR) is 90.5 cm³/mol. The van der Waals surface area contributed by atoms with Gasteiger partial charge in [0.15, 0.2) is 0 Å². The van der Waals surface area contributed by atoms with Gasteiger partial charge >= 0.3 is 0 Å². The molecule has 0 heterocycles. The van der Waals surface area contributed by atoms with Gasteiger partial charge in [-0.1, -0.05) is 51.8 Å². The van der Waals surface area contributed by atoms with E-state index in [1.54, 1.807) is 0 Å². The van der Waals surface area contributed by atoms with Gasteiger partial charge in [0.05, 0.1) is 6.54 Å². The smallest absolute Gasteiger partial charge is 0.238 e. The average molecular weight is 347 g/mol. The zero-order chi connectivity index (χ0) is 15.1. The molecule has 0 aliphatic heterocycles. The Labute approximate surface area is 133 Å². The molecule has 2 rings (SSSR count). The molecule has 0 atom stereocenters. The number of halogens is 1. The van der Waals surface area contributed by atoms with Gasteiger partial charge in [0.25, 0.3) is 0 Å². The lowest BCUT2D eigenvalue weighted by Crippen LogP contribution is -2.29. The molecule has 110 valence electrons. The molecule has 0 unspecified atom stereocenters. The van der Waals surface area contributed by atoms with Crippen molar-refractivity contribution in [2.45, 2.75) is 13.3 Å². The highest BCUT2D eigenvalue weighted by Gasteiger charge is 2.02. The van der Waals surface area contributed by atoms with E-state index >= 15 is 0 Å². The van der Waals surface area contributed by atoms with Crippen LogP contribution in [-0.4, -0.2) is 19.0 Å². The number of carbonyl (C=O) groups is 1. The first-order valence-electron chi connectivity index (χ1n) is 6.95. The number of benzene rings is 2. The number of carbonyl (C=O) groups excluding carboxylic acids is 1. The van der Waals surface area contributed by atoms with Crippen LogP contribution in [0.15, 0.2) is 53.0 Å². The predicted octanol–water partition coefficient (Wildman–Crippen LogP) is 3.53. The Kier molecular flexibility index (Phi) is 5.96. The maximum Gasteiger partial charge on any atom is 0.238 e. The van der Waals surface area contributed by atoms with Crippen LogP contribution in [0.1, 0.15) is 11.1 Å². The van der Waals surface area contributed by atoms with Gasteiger partial charge in [0.2, 0.25) is 5.91 Å². The molecule has 2 N–H and O–H groups in total. The molecule has 0 fully saturated rings. The fourth-order valence-electron chi connectivity index (χ4n) is 2.07. The molecule has 0 aliphatic carbocycles. The molecule has 0 radical (unpaired) electrons. The fraction of sp³-hybridized carbons (Fsp3) is 0.235. The minimum absolute atomic E-state index is 0.0302. The summed E-state index contributed by atoms with van der Waals surface area (Å²) in [6.45, 7) is 3.19. The van der Waals surface area contributed by atoms with E-state index in [4.69, 9.17) is 0 Å². The molecule has 0 aliphatic rings. The van der Waals surface area contributed by atoms with Crippen LogP contribution in [0, 0.1) is 6.92 Å². The lowest BCUT2D eigenvalue weighted by molar-refractivity contribution is -0.115. The van der Waals surface area contributed by atoms with Gasteiger partial charge in [0.1, 0.15) is 0 Å². The number of hydrogen-bond acceptors (Lipinski definition) is 2. The molecule has 0 bridgehead atoms. The molecule has 2 aromatic carbocycles. The van der Waals surface area contributed by atoms with Crippen LogP contribution in [0.4, 0.5) is 5.69 Å². The van der Waals surface area contributed by atoms with Crippen LogP contribution in [0.2, 0.25) is 0 Å². The molecule has 0 saturated heterocycles. The zero-order valence-electron chi connectivity index (χ0n) is 12.0. The van der Waals surface area contributed by atoms with Crippen molar-refractivity contribution in [2.24, 2.45) is 0 Å². The Hall–Kier alpha value is -1.65. The summed E-state index contributed by atoms with van der Waals surface area (Å²) in [5.74, 6) is -0.0302. The van der Waals surface area contributed by atoms with Crippen LogP contribution in [0.5, 0.6) is 0 Å². The van der Waals surface area contributed by atoms with Gasteiger partial charge in [-0.05, 0) is 43.7 Å². The van der Waals surface area contributed by atoms with E-state index in [1.165, 1.54) is 11.1 Å². The number of hydrogen-bond donors (Lipinski definition) is 2. The quantitative estimate of drug-likeness (QED) is 0.785. The van der Waals surface area contributed by atoms with E-state index in [9.17, 15) is 4.79 Å². The van der Waals surface area contributed by atoms with Gasteiger partial charge in [-0.3, -0.25) is 4.79 Å². The third kappa shape index (κ3) is 5.69. The van der Waals surface area contributed by atoms with Gasteiger partial charge in [0, 0.05) is 10.2 Å². The topological polar surface area (TPSA) is 41.1 Å². The van der Waals surface area contributed by atoms with Crippen molar-refractivity contribution in [2.75, 3.05) is 18.4 Å². The summed E-state index contributed by atoms with van der Waals surface area (Å²) in [7, 11) is 0. The van der Waals surface area contributed by atoms with E-state index in [-0.39, 0.29) is 5.91 Å². The average Bonchev–Trinajstić information content (AvgIpc) is 2.44. The van der Waals surface area contributed by atoms with Crippen molar-refractivity contribution in [1.29, 1.82) is 0 Å². The SMILES string of the molecule is Cc1cccc(CCNCC(=O)Nc2cccc(Br)c2)c1. The number of nitrogens with one attached hydrogen (secondary N) is 2. The number of amides is 1. The fourth-order valence-corrected chi connectivity index (χ4v) is 2.47. The lowest BCUT2D eigenvalue weighted by Gasteiger charge is -2.07. The van der Waals surface area contributed by atoms with E-state index < -0.39 is 0 Å².